The Morgan fingerprint density at radius 1 is 1.29 bits per heavy atom. The van der Waals surface area contributed by atoms with Gasteiger partial charge in [0.15, 0.2) is 0 Å². The zero-order valence-electron chi connectivity index (χ0n) is 12.2. The lowest BCUT2D eigenvalue weighted by molar-refractivity contribution is -0.134. The van der Waals surface area contributed by atoms with E-state index in [2.05, 4.69) is 11.6 Å². The molecule has 126 valence electrons. The van der Waals surface area contributed by atoms with Gasteiger partial charge >= 0.3 is 6.18 Å². The van der Waals surface area contributed by atoms with Gasteiger partial charge in [0.2, 0.25) is 10.0 Å². The van der Waals surface area contributed by atoms with E-state index in [0.717, 1.165) is 19.3 Å². The number of halogens is 3. The normalized spacial score (nSPS) is 27.8. The Balaban J connectivity index is 2.36. The minimum Gasteiger partial charge on any atom is -0.389 e. The van der Waals surface area contributed by atoms with E-state index in [9.17, 15) is 26.7 Å². The first-order valence-electron chi connectivity index (χ1n) is 7.32. The monoisotopic (exact) mass is 331 g/mol. The van der Waals surface area contributed by atoms with Gasteiger partial charge in [0, 0.05) is 13.0 Å². The lowest BCUT2D eigenvalue weighted by Crippen LogP contribution is -2.45. The van der Waals surface area contributed by atoms with Gasteiger partial charge in [-0.15, -0.1) is 0 Å². The standard InChI is InChI=1S/C13H24F3NO3S/c1-2-11-4-7-12(18,8-5-11)10-17-21(19,20)9-3-6-13(14,15)16/h11,17-18H,2-10H2,1H3. The van der Waals surface area contributed by atoms with E-state index in [1.165, 1.54) is 0 Å². The molecule has 1 fully saturated rings. The fourth-order valence-electron chi connectivity index (χ4n) is 2.58. The largest absolute Gasteiger partial charge is 0.389 e. The maximum Gasteiger partial charge on any atom is 0.389 e. The first kappa shape index (κ1) is 18.7. The number of nitrogens with one attached hydrogen (secondary N) is 1. The fraction of sp³-hybridized carbons (Fsp3) is 1.00. The lowest BCUT2D eigenvalue weighted by atomic mass is 9.78. The SMILES string of the molecule is CCC1CCC(O)(CNS(=O)(=O)CCCC(F)(F)F)CC1. The van der Waals surface area contributed by atoms with E-state index in [-0.39, 0.29) is 6.54 Å². The van der Waals surface area contributed by atoms with Gasteiger partial charge in [0.1, 0.15) is 0 Å². The zero-order chi connectivity index (χ0) is 16.1. The summed E-state index contributed by atoms with van der Waals surface area (Å²) in [5, 5.41) is 10.3. The third-order valence-electron chi connectivity index (χ3n) is 4.11. The zero-order valence-corrected chi connectivity index (χ0v) is 13.1. The first-order valence-corrected chi connectivity index (χ1v) is 8.97. The van der Waals surface area contributed by atoms with Gasteiger partial charge < -0.3 is 5.11 Å². The molecule has 0 aromatic carbocycles. The second-order valence-corrected chi connectivity index (χ2v) is 7.86. The highest BCUT2D eigenvalue weighted by Crippen LogP contribution is 2.33. The summed E-state index contributed by atoms with van der Waals surface area (Å²) in [4.78, 5) is 0. The topological polar surface area (TPSA) is 66.4 Å². The molecule has 0 amide bonds. The van der Waals surface area contributed by atoms with Crippen molar-refractivity contribution >= 4 is 10.0 Å². The summed E-state index contributed by atoms with van der Waals surface area (Å²) in [6.45, 7) is 1.97. The molecule has 0 aliphatic heterocycles. The number of sulfonamides is 1. The van der Waals surface area contributed by atoms with Crippen LogP contribution in [0.2, 0.25) is 0 Å². The van der Waals surface area contributed by atoms with Crippen molar-refractivity contribution in [1.29, 1.82) is 0 Å². The van der Waals surface area contributed by atoms with E-state index in [1.807, 2.05) is 0 Å². The van der Waals surface area contributed by atoms with Crippen LogP contribution < -0.4 is 4.72 Å². The second kappa shape index (κ2) is 7.28. The Morgan fingerprint density at radius 3 is 2.33 bits per heavy atom. The van der Waals surface area contributed by atoms with E-state index in [0.29, 0.717) is 18.8 Å². The van der Waals surface area contributed by atoms with E-state index in [4.69, 9.17) is 0 Å². The van der Waals surface area contributed by atoms with Crippen molar-refractivity contribution in [3.8, 4) is 0 Å². The molecule has 2 N–H and O–H groups in total. The molecule has 1 saturated carbocycles. The second-order valence-electron chi connectivity index (χ2n) is 5.93. The fourth-order valence-corrected chi connectivity index (χ4v) is 3.74. The molecule has 4 nitrogen and oxygen atoms in total. The Bertz CT molecular complexity index is 415. The third-order valence-corrected chi connectivity index (χ3v) is 5.52. The van der Waals surface area contributed by atoms with Crippen LogP contribution >= 0.6 is 0 Å². The third kappa shape index (κ3) is 7.46. The van der Waals surface area contributed by atoms with Gasteiger partial charge in [0.25, 0.3) is 0 Å². The van der Waals surface area contributed by atoms with Gasteiger partial charge in [0.05, 0.1) is 11.4 Å². The van der Waals surface area contributed by atoms with E-state index in [1.54, 1.807) is 0 Å². The summed E-state index contributed by atoms with van der Waals surface area (Å²) >= 11 is 0. The molecular formula is C13H24F3NO3S. The highest BCUT2D eigenvalue weighted by molar-refractivity contribution is 7.89. The average molecular weight is 331 g/mol. The van der Waals surface area contributed by atoms with Gasteiger partial charge in [-0.1, -0.05) is 13.3 Å². The van der Waals surface area contributed by atoms with Crippen LogP contribution in [0.25, 0.3) is 0 Å². The van der Waals surface area contributed by atoms with Crippen LogP contribution in [-0.2, 0) is 10.0 Å². The molecule has 0 saturated heterocycles. The van der Waals surface area contributed by atoms with Crippen LogP contribution in [-0.4, -0.2) is 37.6 Å². The number of hydrogen-bond donors (Lipinski definition) is 2. The molecule has 1 aliphatic rings. The Morgan fingerprint density at radius 2 is 1.86 bits per heavy atom. The Kier molecular flexibility index (Phi) is 6.49. The van der Waals surface area contributed by atoms with E-state index < -0.39 is 40.4 Å². The summed E-state index contributed by atoms with van der Waals surface area (Å²) in [5.74, 6) is -0.00569. The number of alkyl halides is 3. The molecule has 1 aliphatic carbocycles. The number of rotatable bonds is 7. The summed E-state index contributed by atoms with van der Waals surface area (Å²) in [7, 11) is -3.77. The van der Waals surface area contributed by atoms with Gasteiger partial charge in [-0.2, -0.15) is 13.2 Å². The van der Waals surface area contributed by atoms with Crippen LogP contribution in [0, 0.1) is 5.92 Å². The van der Waals surface area contributed by atoms with Crippen LogP contribution in [0.5, 0.6) is 0 Å². The molecule has 0 heterocycles. The molecule has 0 atom stereocenters. The molecule has 0 spiro atoms. The lowest BCUT2D eigenvalue weighted by Gasteiger charge is -2.35. The predicted molar refractivity (Wildman–Crippen MR) is 74.3 cm³/mol. The quantitative estimate of drug-likeness (QED) is 0.753. The summed E-state index contributed by atoms with van der Waals surface area (Å²) in [6.07, 6.45) is -2.13. The highest BCUT2D eigenvalue weighted by Gasteiger charge is 2.34. The van der Waals surface area contributed by atoms with Crippen LogP contribution in [0.1, 0.15) is 51.9 Å². The van der Waals surface area contributed by atoms with Crippen LogP contribution in [0.4, 0.5) is 13.2 Å². The van der Waals surface area contributed by atoms with Gasteiger partial charge in [-0.25, -0.2) is 13.1 Å². The highest BCUT2D eigenvalue weighted by atomic mass is 32.2. The van der Waals surface area contributed by atoms with Crippen molar-refractivity contribution in [2.24, 2.45) is 5.92 Å². The van der Waals surface area contributed by atoms with Gasteiger partial charge in [-0.3, -0.25) is 0 Å². The maximum atomic E-state index is 12.0. The van der Waals surface area contributed by atoms with Crippen molar-refractivity contribution in [3.63, 3.8) is 0 Å². The first-order chi connectivity index (χ1) is 9.55. The maximum absolute atomic E-state index is 12.0. The molecule has 0 bridgehead atoms. The Hall–Kier alpha value is -0.340. The summed E-state index contributed by atoms with van der Waals surface area (Å²) in [6, 6.07) is 0. The molecule has 8 heteroatoms. The average Bonchev–Trinajstić information content (AvgIpc) is 2.36. The van der Waals surface area contributed by atoms with Crippen molar-refractivity contribution < 1.29 is 26.7 Å². The summed E-state index contributed by atoms with van der Waals surface area (Å²) < 4.78 is 61.5. The smallest absolute Gasteiger partial charge is 0.389 e. The minimum absolute atomic E-state index is 0.113. The van der Waals surface area contributed by atoms with Crippen molar-refractivity contribution in [3.05, 3.63) is 0 Å². The predicted octanol–water partition coefficient (Wildman–Crippen LogP) is 2.58. The van der Waals surface area contributed by atoms with Crippen molar-refractivity contribution in [1.82, 2.24) is 4.72 Å². The molecular weight excluding hydrogens is 307 g/mol. The van der Waals surface area contributed by atoms with Crippen molar-refractivity contribution in [2.75, 3.05) is 12.3 Å². The number of hydrogen-bond acceptors (Lipinski definition) is 3. The summed E-state index contributed by atoms with van der Waals surface area (Å²) in [5.41, 5.74) is -1.07. The Labute approximate surface area is 124 Å². The number of aliphatic hydroxyl groups is 1. The molecule has 1 rings (SSSR count). The molecule has 0 radical (unpaired) electrons. The van der Waals surface area contributed by atoms with Crippen LogP contribution in [0.3, 0.4) is 0 Å². The van der Waals surface area contributed by atoms with Gasteiger partial charge in [-0.05, 0) is 38.0 Å². The van der Waals surface area contributed by atoms with Crippen molar-refractivity contribution in [2.45, 2.75) is 63.6 Å². The molecule has 0 unspecified atom stereocenters. The molecule has 0 aromatic heterocycles. The van der Waals surface area contributed by atoms with E-state index >= 15 is 0 Å². The molecule has 21 heavy (non-hydrogen) atoms. The minimum atomic E-state index is -4.34. The van der Waals surface area contributed by atoms with Crippen LogP contribution in [0.15, 0.2) is 0 Å². The molecule has 0 aromatic rings.